The van der Waals surface area contributed by atoms with Crippen LogP contribution in [0.4, 0.5) is 14.5 Å². The van der Waals surface area contributed by atoms with Crippen LogP contribution in [0.1, 0.15) is 18.7 Å². The summed E-state index contributed by atoms with van der Waals surface area (Å²) >= 11 is 5.83. The van der Waals surface area contributed by atoms with Crippen LogP contribution in [0.3, 0.4) is 0 Å². The number of nitrogens with one attached hydrogen (secondary N) is 2. The van der Waals surface area contributed by atoms with Crippen LogP contribution >= 0.6 is 11.6 Å². The first-order valence-corrected chi connectivity index (χ1v) is 7.14. The summed E-state index contributed by atoms with van der Waals surface area (Å²) in [7, 11) is 0. The molecule has 0 radical (unpaired) electrons. The van der Waals surface area contributed by atoms with Gasteiger partial charge in [-0.3, -0.25) is 4.79 Å². The number of hydrogen-bond donors (Lipinski definition) is 2. The number of ether oxygens (including phenoxy) is 1. The fraction of sp³-hybridized carbons (Fsp3) is 0.267. The zero-order valence-electron chi connectivity index (χ0n) is 12.2. The SMILES string of the molecule is CC(NC(=O)CNc1ccc(OC(F)F)c(Cl)c1)c1ccco1. The fourth-order valence-corrected chi connectivity index (χ4v) is 2.11. The van der Waals surface area contributed by atoms with Gasteiger partial charge in [0.15, 0.2) is 0 Å². The second-order valence-electron chi connectivity index (χ2n) is 4.68. The van der Waals surface area contributed by atoms with Crippen LogP contribution in [0.5, 0.6) is 5.75 Å². The molecule has 0 fully saturated rings. The van der Waals surface area contributed by atoms with Crippen LogP contribution in [-0.4, -0.2) is 19.1 Å². The lowest BCUT2D eigenvalue weighted by atomic mass is 10.2. The van der Waals surface area contributed by atoms with Crippen LogP contribution in [0.25, 0.3) is 0 Å². The largest absolute Gasteiger partial charge is 0.467 e. The molecule has 8 heteroatoms. The van der Waals surface area contributed by atoms with Gasteiger partial charge in [-0.05, 0) is 37.3 Å². The summed E-state index contributed by atoms with van der Waals surface area (Å²) in [5, 5.41) is 5.63. The zero-order chi connectivity index (χ0) is 16.8. The van der Waals surface area contributed by atoms with E-state index in [1.807, 2.05) is 0 Å². The standard InChI is InChI=1S/C15H15ClF2N2O3/c1-9(12-3-2-6-22-12)20-14(21)8-19-10-4-5-13(11(16)7-10)23-15(17)18/h2-7,9,15,19H,8H2,1H3,(H,20,21). The molecule has 1 unspecified atom stereocenters. The zero-order valence-corrected chi connectivity index (χ0v) is 12.9. The third-order valence-electron chi connectivity index (χ3n) is 2.95. The number of amides is 1. The molecule has 0 saturated carbocycles. The number of rotatable bonds is 7. The van der Waals surface area contributed by atoms with Crippen molar-refractivity contribution in [2.75, 3.05) is 11.9 Å². The summed E-state index contributed by atoms with van der Waals surface area (Å²) in [6.07, 6.45) is 1.53. The third-order valence-corrected chi connectivity index (χ3v) is 3.24. The highest BCUT2D eigenvalue weighted by atomic mass is 35.5. The lowest BCUT2D eigenvalue weighted by Crippen LogP contribution is -2.31. The maximum Gasteiger partial charge on any atom is 0.387 e. The molecule has 5 nitrogen and oxygen atoms in total. The number of carbonyl (C=O) groups is 1. The molecule has 2 aromatic rings. The smallest absolute Gasteiger partial charge is 0.387 e. The van der Waals surface area contributed by atoms with Crippen molar-refractivity contribution in [2.45, 2.75) is 19.6 Å². The van der Waals surface area contributed by atoms with Crippen molar-refractivity contribution in [3.63, 3.8) is 0 Å². The molecule has 1 aromatic heterocycles. The summed E-state index contributed by atoms with van der Waals surface area (Å²) in [5.74, 6) is 0.274. The number of alkyl halides is 2. The number of furan rings is 1. The summed E-state index contributed by atoms with van der Waals surface area (Å²) in [4.78, 5) is 11.8. The average molecular weight is 345 g/mol. The van der Waals surface area contributed by atoms with Crippen LogP contribution in [-0.2, 0) is 4.79 Å². The van der Waals surface area contributed by atoms with Gasteiger partial charge in [-0.1, -0.05) is 11.6 Å². The van der Waals surface area contributed by atoms with Crippen LogP contribution in [0, 0.1) is 0 Å². The summed E-state index contributed by atoms with van der Waals surface area (Å²) in [5.41, 5.74) is 0.511. The van der Waals surface area contributed by atoms with Gasteiger partial charge in [-0.25, -0.2) is 0 Å². The average Bonchev–Trinajstić information content (AvgIpc) is 3.01. The van der Waals surface area contributed by atoms with Gasteiger partial charge in [-0.2, -0.15) is 8.78 Å². The van der Waals surface area contributed by atoms with Crippen molar-refractivity contribution in [1.29, 1.82) is 0 Å². The van der Waals surface area contributed by atoms with Crippen molar-refractivity contribution >= 4 is 23.2 Å². The minimum Gasteiger partial charge on any atom is -0.467 e. The molecule has 23 heavy (non-hydrogen) atoms. The van der Waals surface area contributed by atoms with Gasteiger partial charge < -0.3 is 19.8 Å². The molecule has 0 spiro atoms. The molecule has 2 N–H and O–H groups in total. The van der Waals surface area contributed by atoms with E-state index in [-0.39, 0.29) is 29.3 Å². The Bertz CT molecular complexity index is 650. The number of halogens is 3. The fourth-order valence-electron chi connectivity index (χ4n) is 1.89. The molecule has 0 aliphatic rings. The van der Waals surface area contributed by atoms with E-state index >= 15 is 0 Å². The topological polar surface area (TPSA) is 63.5 Å². The van der Waals surface area contributed by atoms with Crippen LogP contribution in [0.2, 0.25) is 5.02 Å². The van der Waals surface area contributed by atoms with Crippen molar-refractivity contribution < 1.29 is 22.7 Å². The predicted molar refractivity (Wildman–Crippen MR) is 81.8 cm³/mol. The van der Waals surface area contributed by atoms with Crippen molar-refractivity contribution in [2.24, 2.45) is 0 Å². The van der Waals surface area contributed by atoms with Gasteiger partial charge >= 0.3 is 6.61 Å². The highest BCUT2D eigenvalue weighted by Crippen LogP contribution is 2.28. The Morgan fingerprint density at radius 3 is 2.78 bits per heavy atom. The quantitative estimate of drug-likeness (QED) is 0.801. The maximum absolute atomic E-state index is 12.1. The third kappa shape index (κ3) is 5.14. The van der Waals surface area contributed by atoms with E-state index in [9.17, 15) is 13.6 Å². The molecule has 0 aliphatic carbocycles. The molecule has 0 saturated heterocycles. The van der Waals surface area contributed by atoms with Gasteiger partial charge in [0.05, 0.1) is 23.9 Å². The first kappa shape index (κ1) is 17.1. The molecule has 1 atom stereocenters. The van der Waals surface area contributed by atoms with Gasteiger partial charge in [0.25, 0.3) is 0 Å². The normalized spacial score (nSPS) is 12.0. The van der Waals surface area contributed by atoms with Gasteiger partial charge in [0.1, 0.15) is 11.5 Å². The van der Waals surface area contributed by atoms with Gasteiger partial charge in [-0.15, -0.1) is 0 Å². The molecule has 0 bridgehead atoms. The molecule has 1 heterocycles. The molecule has 1 amide bonds. The highest BCUT2D eigenvalue weighted by molar-refractivity contribution is 6.32. The molecule has 0 aliphatic heterocycles. The lowest BCUT2D eigenvalue weighted by Gasteiger charge is -2.13. The van der Waals surface area contributed by atoms with Gasteiger partial charge in [0.2, 0.25) is 5.91 Å². The predicted octanol–water partition coefficient (Wildman–Crippen LogP) is 3.82. The molecular weight excluding hydrogens is 330 g/mol. The Labute approximate surface area is 136 Å². The van der Waals surface area contributed by atoms with E-state index in [1.165, 1.54) is 24.5 Å². The van der Waals surface area contributed by atoms with Crippen molar-refractivity contribution in [3.05, 3.63) is 47.4 Å². The molecule has 2 rings (SSSR count). The Balaban J connectivity index is 1.85. The van der Waals surface area contributed by atoms with E-state index in [4.69, 9.17) is 16.0 Å². The second-order valence-corrected chi connectivity index (χ2v) is 5.09. The Morgan fingerprint density at radius 1 is 1.39 bits per heavy atom. The number of benzene rings is 1. The van der Waals surface area contributed by atoms with Gasteiger partial charge in [0, 0.05) is 5.69 Å². The summed E-state index contributed by atoms with van der Waals surface area (Å²) in [6, 6.07) is 7.45. The number of carbonyl (C=O) groups excluding carboxylic acids is 1. The molecular formula is C15H15ClF2N2O3. The summed E-state index contributed by atoms with van der Waals surface area (Å²) in [6.45, 7) is -1.15. The first-order chi connectivity index (χ1) is 11.0. The lowest BCUT2D eigenvalue weighted by molar-refractivity contribution is -0.120. The minimum atomic E-state index is -2.94. The molecule has 1 aromatic carbocycles. The van der Waals surface area contributed by atoms with E-state index in [0.29, 0.717) is 11.4 Å². The van der Waals surface area contributed by atoms with E-state index in [0.717, 1.165) is 0 Å². The second kappa shape index (κ2) is 7.82. The molecule has 124 valence electrons. The Hall–Kier alpha value is -2.28. The van der Waals surface area contributed by atoms with Crippen LogP contribution < -0.4 is 15.4 Å². The first-order valence-electron chi connectivity index (χ1n) is 6.76. The Kier molecular flexibility index (Phi) is 5.81. The minimum absolute atomic E-state index is 0.00354. The number of hydrogen-bond acceptors (Lipinski definition) is 4. The van der Waals surface area contributed by atoms with E-state index in [1.54, 1.807) is 19.1 Å². The van der Waals surface area contributed by atoms with E-state index in [2.05, 4.69) is 15.4 Å². The highest BCUT2D eigenvalue weighted by Gasteiger charge is 2.12. The number of anilines is 1. The van der Waals surface area contributed by atoms with Crippen molar-refractivity contribution in [1.82, 2.24) is 5.32 Å². The monoisotopic (exact) mass is 344 g/mol. The maximum atomic E-state index is 12.1. The summed E-state index contributed by atoms with van der Waals surface area (Å²) < 4.78 is 33.7. The van der Waals surface area contributed by atoms with E-state index < -0.39 is 6.61 Å². The van der Waals surface area contributed by atoms with Crippen LogP contribution in [0.15, 0.2) is 41.0 Å². The Morgan fingerprint density at radius 2 is 2.17 bits per heavy atom. The van der Waals surface area contributed by atoms with Crippen molar-refractivity contribution in [3.8, 4) is 5.75 Å².